The summed E-state index contributed by atoms with van der Waals surface area (Å²) < 4.78 is 13.4. The van der Waals surface area contributed by atoms with Gasteiger partial charge in [-0.05, 0) is 24.5 Å². The topological polar surface area (TPSA) is 20.3 Å². The van der Waals surface area contributed by atoms with Crippen LogP contribution in [0.1, 0.15) is 18.4 Å². The van der Waals surface area contributed by atoms with Crippen LogP contribution in [0.5, 0.6) is 0 Å². The van der Waals surface area contributed by atoms with Gasteiger partial charge in [0.05, 0.1) is 0 Å². The third-order valence-corrected chi connectivity index (χ3v) is 4.48. The number of amides is 1. The number of halogens is 1. The zero-order valence-electron chi connectivity index (χ0n) is 9.64. The molecule has 0 radical (unpaired) electrons. The number of nitrogens with zero attached hydrogens (tertiary/aromatic N) is 1. The fraction of sp³-hybridized carbons (Fsp3) is 0.462. The third kappa shape index (κ3) is 3.46. The lowest BCUT2D eigenvalue weighted by molar-refractivity contribution is -0.118. The summed E-state index contributed by atoms with van der Waals surface area (Å²) in [7, 11) is 0. The first-order valence-electron chi connectivity index (χ1n) is 5.84. The Morgan fingerprint density at radius 2 is 2.06 bits per heavy atom. The van der Waals surface area contributed by atoms with E-state index in [1.807, 2.05) is 12.1 Å². The normalized spacial score (nSPS) is 17.1. The Balaban J connectivity index is 1.80. The second-order valence-electron chi connectivity index (χ2n) is 4.24. The zero-order valence-corrected chi connectivity index (χ0v) is 10.5. The predicted octanol–water partition coefficient (Wildman–Crippen LogP) is 2.68. The second-order valence-corrected chi connectivity index (χ2v) is 5.53. The average Bonchev–Trinajstić information content (AvgIpc) is 2.38. The van der Waals surface area contributed by atoms with Crippen molar-refractivity contribution in [3.63, 3.8) is 0 Å². The van der Waals surface area contributed by atoms with Crippen molar-refractivity contribution in [2.75, 3.05) is 13.1 Å². The predicted molar refractivity (Wildman–Crippen MR) is 68.4 cm³/mol. The van der Waals surface area contributed by atoms with Gasteiger partial charge in [0.1, 0.15) is 5.82 Å². The highest BCUT2D eigenvalue weighted by Crippen LogP contribution is 2.26. The maximum Gasteiger partial charge on any atom is 0.209 e. The molecular weight excluding hydrogens is 237 g/mol. The second kappa shape index (κ2) is 6.05. The molecule has 1 amide bonds. The molecule has 2 rings (SSSR count). The first-order chi connectivity index (χ1) is 8.29. The molecule has 0 N–H and O–H groups in total. The molecule has 0 aliphatic carbocycles. The van der Waals surface area contributed by atoms with E-state index in [1.54, 1.807) is 22.7 Å². The van der Waals surface area contributed by atoms with Crippen molar-refractivity contribution in [2.24, 2.45) is 0 Å². The van der Waals surface area contributed by atoms with E-state index in [0.29, 0.717) is 5.25 Å². The van der Waals surface area contributed by atoms with Crippen molar-refractivity contribution >= 4 is 18.2 Å². The Labute approximate surface area is 105 Å². The highest BCUT2D eigenvalue weighted by Gasteiger charge is 2.18. The fourth-order valence-corrected chi connectivity index (χ4v) is 3.16. The van der Waals surface area contributed by atoms with E-state index < -0.39 is 0 Å². The summed E-state index contributed by atoms with van der Waals surface area (Å²) in [6.45, 7) is 1.66. The molecule has 0 atom stereocenters. The van der Waals surface area contributed by atoms with Crippen LogP contribution in [0.2, 0.25) is 0 Å². The van der Waals surface area contributed by atoms with Gasteiger partial charge in [-0.2, -0.15) is 11.8 Å². The molecule has 1 aromatic rings. The molecule has 1 fully saturated rings. The van der Waals surface area contributed by atoms with Gasteiger partial charge < -0.3 is 4.90 Å². The lowest BCUT2D eigenvalue weighted by atomic mass is 10.1. The molecule has 0 saturated carbocycles. The first-order valence-corrected chi connectivity index (χ1v) is 6.89. The van der Waals surface area contributed by atoms with Gasteiger partial charge in [0.2, 0.25) is 6.41 Å². The minimum absolute atomic E-state index is 0.120. The SMILES string of the molecule is O=CN1CCC(SCc2ccccc2F)CC1. The van der Waals surface area contributed by atoms with E-state index >= 15 is 0 Å². The summed E-state index contributed by atoms with van der Waals surface area (Å²) in [6.07, 6.45) is 2.94. The lowest BCUT2D eigenvalue weighted by Gasteiger charge is -2.28. The van der Waals surface area contributed by atoms with Crippen LogP contribution in [0.25, 0.3) is 0 Å². The van der Waals surface area contributed by atoms with E-state index in [4.69, 9.17) is 0 Å². The molecule has 1 heterocycles. The van der Waals surface area contributed by atoms with E-state index in [-0.39, 0.29) is 5.82 Å². The molecule has 92 valence electrons. The highest BCUT2D eigenvalue weighted by molar-refractivity contribution is 7.99. The van der Waals surface area contributed by atoms with Crippen molar-refractivity contribution in [3.05, 3.63) is 35.6 Å². The molecule has 0 spiro atoms. The molecule has 4 heteroatoms. The number of thioether (sulfide) groups is 1. The third-order valence-electron chi connectivity index (χ3n) is 3.06. The molecule has 1 aromatic carbocycles. The van der Waals surface area contributed by atoms with Gasteiger partial charge in [0, 0.05) is 24.1 Å². The Hall–Kier alpha value is -1.03. The van der Waals surface area contributed by atoms with Gasteiger partial charge in [-0.1, -0.05) is 18.2 Å². The fourth-order valence-electron chi connectivity index (χ4n) is 1.97. The summed E-state index contributed by atoms with van der Waals surface area (Å²) >= 11 is 1.79. The van der Waals surface area contributed by atoms with Crippen LogP contribution in [-0.4, -0.2) is 29.6 Å². The van der Waals surface area contributed by atoms with Gasteiger partial charge in [-0.3, -0.25) is 4.79 Å². The van der Waals surface area contributed by atoms with Crippen LogP contribution in [0, 0.1) is 5.82 Å². The molecule has 17 heavy (non-hydrogen) atoms. The average molecular weight is 253 g/mol. The van der Waals surface area contributed by atoms with Crippen LogP contribution in [0.4, 0.5) is 4.39 Å². The standard InChI is InChI=1S/C13H16FNOS/c14-13-4-2-1-3-11(13)9-17-12-5-7-15(10-16)8-6-12/h1-4,10,12H,5-9H2. The quantitative estimate of drug-likeness (QED) is 0.769. The molecule has 1 saturated heterocycles. The molecule has 0 bridgehead atoms. The number of rotatable bonds is 4. The van der Waals surface area contributed by atoms with Crippen molar-refractivity contribution in [3.8, 4) is 0 Å². The number of carbonyl (C=O) groups excluding carboxylic acids is 1. The van der Waals surface area contributed by atoms with Crippen LogP contribution < -0.4 is 0 Å². The summed E-state index contributed by atoms with van der Waals surface area (Å²) in [4.78, 5) is 12.4. The van der Waals surface area contributed by atoms with Crippen LogP contribution in [0.3, 0.4) is 0 Å². The maximum absolute atomic E-state index is 13.4. The molecule has 1 aliphatic heterocycles. The van der Waals surface area contributed by atoms with Gasteiger partial charge >= 0.3 is 0 Å². The van der Waals surface area contributed by atoms with E-state index in [1.165, 1.54) is 6.07 Å². The van der Waals surface area contributed by atoms with Gasteiger partial charge in [-0.15, -0.1) is 0 Å². The number of likely N-dealkylation sites (tertiary alicyclic amines) is 1. The van der Waals surface area contributed by atoms with Crippen LogP contribution in [0.15, 0.2) is 24.3 Å². The van der Waals surface area contributed by atoms with Gasteiger partial charge in [0.25, 0.3) is 0 Å². The van der Waals surface area contributed by atoms with Crippen molar-refractivity contribution < 1.29 is 9.18 Å². The molecule has 0 aromatic heterocycles. The van der Waals surface area contributed by atoms with E-state index in [0.717, 1.165) is 43.7 Å². The Morgan fingerprint density at radius 3 is 2.71 bits per heavy atom. The number of piperidine rings is 1. The summed E-state index contributed by atoms with van der Waals surface area (Å²) in [5.74, 6) is 0.601. The number of carbonyl (C=O) groups is 1. The minimum atomic E-state index is -0.120. The number of hydrogen-bond acceptors (Lipinski definition) is 2. The van der Waals surface area contributed by atoms with Crippen LogP contribution >= 0.6 is 11.8 Å². The number of hydrogen-bond donors (Lipinski definition) is 0. The highest BCUT2D eigenvalue weighted by atomic mass is 32.2. The largest absolute Gasteiger partial charge is 0.345 e. The van der Waals surface area contributed by atoms with Crippen molar-refractivity contribution in [2.45, 2.75) is 23.8 Å². The first kappa shape index (κ1) is 12.4. The lowest BCUT2D eigenvalue weighted by Crippen LogP contribution is -2.33. The van der Waals surface area contributed by atoms with Crippen molar-refractivity contribution in [1.29, 1.82) is 0 Å². The van der Waals surface area contributed by atoms with E-state index in [2.05, 4.69) is 0 Å². The van der Waals surface area contributed by atoms with Gasteiger partial charge in [0.15, 0.2) is 0 Å². The summed E-state index contributed by atoms with van der Waals surface area (Å²) in [5, 5.41) is 0.547. The van der Waals surface area contributed by atoms with E-state index in [9.17, 15) is 9.18 Å². The maximum atomic E-state index is 13.4. The molecule has 1 aliphatic rings. The summed E-state index contributed by atoms with van der Waals surface area (Å²) in [5.41, 5.74) is 0.773. The van der Waals surface area contributed by atoms with Crippen molar-refractivity contribution in [1.82, 2.24) is 4.90 Å². The number of benzene rings is 1. The Kier molecular flexibility index (Phi) is 4.42. The summed E-state index contributed by atoms with van der Waals surface area (Å²) in [6, 6.07) is 6.92. The molecular formula is C13H16FNOS. The zero-order chi connectivity index (χ0) is 12.1. The Bertz CT molecular complexity index is 377. The van der Waals surface area contributed by atoms with Crippen LogP contribution in [-0.2, 0) is 10.5 Å². The smallest absolute Gasteiger partial charge is 0.209 e. The molecule has 0 unspecified atom stereocenters. The minimum Gasteiger partial charge on any atom is -0.345 e. The molecule has 2 nitrogen and oxygen atoms in total. The monoisotopic (exact) mass is 253 g/mol. The Morgan fingerprint density at radius 1 is 1.35 bits per heavy atom. The van der Waals surface area contributed by atoms with Gasteiger partial charge in [-0.25, -0.2) is 4.39 Å².